The van der Waals surface area contributed by atoms with Gasteiger partial charge in [-0.25, -0.2) is 0 Å². The zero-order valence-electron chi connectivity index (χ0n) is 12.4. The molecule has 118 valence electrons. The maximum atomic E-state index is 11.9. The van der Waals surface area contributed by atoms with Crippen LogP contribution in [0.1, 0.15) is 18.4 Å². The number of phenolic OH excluding ortho intramolecular Hbond substituents is 1. The molecular formula is C15H20N4O3. The van der Waals surface area contributed by atoms with Gasteiger partial charge in [-0.2, -0.15) is 0 Å². The van der Waals surface area contributed by atoms with Crippen molar-refractivity contribution in [3.05, 3.63) is 29.8 Å². The van der Waals surface area contributed by atoms with Crippen LogP contribution in [-0.2, 0) is 4.79 Å². The number of carbonyl (C=O) groups excluding carboxylic acids is 1. The van der Waals surface area contributed by atoms with Gasteiger partial charge >= 0.3 is 0 Å². The molecule has 1 aromatic carbocycles. The summed E-state index contributed by atoms with van der Waals surface area (Å²) in [6, 6.07) is 4.88. The average Bonchev–Trinajstić information content (AvgIpc) is 2.93. The third kappa shape index (κ3) is 3.69. The van der Waals surface area contributed by atoms with E-state index in [9.17, 15) is 9.90 Å². The van der Waals surface area contributed by atoms with Crippen molar-refractivity contribution in [2.75, 3.05) is 13.7 Å². The molecule has 7 heteroatoms. The molecule has 1 aliphatic heterocycles. The van der Waals surface area contributed by atoms with E-state index in [2.05, 4.69) is 5.32 Å². The second-order valence-corrected chi connectivity index (χ2v) is 5.01. The van der Waals surface area contributed by atoms with Gasteiger partial charge in [-0.05, 0) is 36.6 Å². The largest absolute Gasteiger partial charge is 0.504 e. The summed E-state index contributed by atoms with van der Waals surface area (Å²) >= 11 is 0. The molecular weight excluding hydrogens is 284 g/mol. The Hall–Kier alpha value is -2.70. The molecule has 5 N–H and O–H groups in total. The van der Waals surface area contributed by atoms with Crippen molar-refractivity contribution in [3.63, 3.8) is 0 Å². The van der Waals surface area contributed by atoms with Crippen molar-refractivity contribution in [1.29, 1.82) is 5.41 Å². The Morgan fingerprint density at radius 2 is 2.36 bits per heavy atom. The molecule has 2 rings (SSSR count). The molecule has 1 fully saturated rings. The van der Waals surface area contributed by atoms with Crippen LogP contribution in [0.5, 0.6) is 11.5 Å². The molecule has 1 heterocycles. The molecule has 0 aliphatic carbocycles. The van der Waals surface area contributed by atoms with Crippen LogP contribution in [0.4, 0.5) is 0 Å². The summed E-state index contributed by atoms with van der Waals surface area (Å²) in [5.41, 5.74) is 6.16. The number of rotatable bonds is 4. The Morgan fingerprint density at radius 1 is 1.59 bits per heavy atom. The first-order valence-electron chi connectivity index (χ1n) is 6.97. The number of hydrogen-bond acceptors (Lipinski definition) is 4. The van der Waals surface area contributed by atoms with E-state index < -0.39 is 0 Å². The number of nitrogens with two attached hydrogens (primary N) is 1. The number of nitrogens with zero attached hydrogens (tertiary/aromatic N) is 1. The second kappa shape index (κ2) is 6.84. The van der Waals surface area contributed by atoms with Crippen molar-refractivity contribution in [3.8, 4) is 11.5 Å². The van der Waals surface area contributed by atoms with E-state index in [0.29, 0.717) is 17.9 Å². The minimum absolute atomic E-state index is 0.0172. The summed E-state index contributed by atoms with van der Waals surface area (Å²) in [6.45, 7) is 0.677. The molecule has 22 heavy (non-hydrogen) atoms. The highest BCUT2D eigenvalue weighted by Gasteiger charge is 2.26. The van der Waals surface area contributed by atoms with Crippen molar-refractivity contribution in [2.24, 2.45) is 5.73 Å². The van der Waals surface area contributed by atoms with Crippen LogP contribution in [-0.4, -0.2) is 41.7 Å². The summed E-state index contributed by atoms with van der Waals surface area (Å²) in [7, 11) is 1.47. The first kappa shape index (κ1) is 15.7. The maximum absolute atomic E-state index is 11.9. The van der Waals surface area contributed by atoms with Crippen LogP contribution < -0.4 is 15.8 Å². The first-order chi connectivity index (χ1) is 10.5. The molecule has 1 aliphatic rings. The minimum atomic E-state index is -0.270. The minimum Gasteiger partial charge on any atom is -0.504 e. The molecule has 1 aromatic rings. The number of nitrogens with one attached hydrogen (secondary N) is 2. The smallest absolute Gasteiger partial charge is 0.245 e. The number of phenols is 1. The van der Waals surface area contributed by atoms with Gasteiger partial charge in [-0.3, -0.25) is 10.2 Å². The summed E-state index contributed by atoms with van der Waals surface area (Å²) in [5, 5.41) is 19.9. The fraction of sp³-hybridized carbons (Fsp3) is 0.333. The predicted octanol–water partition coefficient (Wildman–Crippen LogP) is 0.846. The van der Waals surface area contributed by atoms with Crippen LogP contribution >= 0.6 is 0 Å². The van der Waals surface area contributed by atoms with Crippen molar-refractivity contribution < 1.29 is 14.6 Å². The summed E-state index contributed by atoms with van der Waals surface area (Å²) in [5.74, 6) is 0.0913. The average molecular weight is 304 g/mol. The van der Waals surface area contributed by atoms with Crippen molar-refractivity contribution >= 4 is 17.9 Å². The van der Waals surface area contributed by atoms with E-state index in [1.807, 2.05) is 0 Å². The number of carbonyl (C=O) groups is 1. The number of benzene rings is 1. The number of aromatic hydroxyl groups is 1. The second-order valence-electron chi connectivity index (χ2n) is 5.01. The van der Waals surface area contributed by atoms with E-state index in [1.165, 1.54) is 19.3 Å². The van der Waals surface area contributed by atoms with E-state index in [0.717, 1.165) is 12.8 Å². The SMILES string of the molecule is COc1ccc(C=CC(=O)NC2CCCN2C(=N)N)cc1O. The Kier molecular flexibility index (Phi) is 4.88. The lowest BCUT2D eigenvalue weighted by atomic mass is 10.2. The monoisotopic (exact) mass is 304 g/mol. The number of methoxy groups -OCH3 is 1. The number of likely N-dealkylation sites (tertiary alicyclic amines) is 1. The fourth-order valence-electron chi connectivity index (χ4n) is 2.40. The Bertz CT molecular complexity index is 600. The van der Waals surface area contributed by atoms with Crippen LogP contribution in [0, 0.1) is 5.41 Å². The predicted molar refractivity (Wildman–Crippen MR) is 83.5 cm³/mol. The number of hydrogen-bond donors (Lipinski definition) is 4. The lowest BCUT2D eigenvalue weighted by molar-refractivity contribution is -0.117. The van der Waals surface area contributed by atoms with Crippen LogP contribution in [0.15, 0.2) is 24.3 Å². The number of ether oxygens (including phenoxy) is 1. The molecule has 0 spiro atoms. The zero-order chi connectivity index (χ0) is 16.1. The molecule has 1 saturated heterocycles. The molecule has 7 nitrogen and oxygen atoms in total. The normalized spacial score (nSPS) is 17.7. The highest BCUT2D eigenvalue weighted by Crippen LogP contribution is 2.26. The van der Waals surface area contributed by atoms with Gasteiger partial charge in [-0.15, -0.1) is 0 Å². The van der Waals surface area contributed by atoms with Crippen LogP contribution in [0.2, 0.25) is 0 Å². The Labute approximate surface area is 128 Å². The molecule has 1 atom stereocenters. The summed E-state index contributed by atoms with van der Waals surface area (Å²) in [4.78, 5) is 13.6. The van der Waals surface area contributed by atoms with E-state index in [-0.39, 0.29) is 23.8 Å². The standard InChI is InChI=1S/C15H20N4O3/c1-22-12-6-4-10(9-11(12)20)5-7-14(21)18-13-3-2-8-19(13)15(16)17/h4-7,9,13,20H,2-3,8H2,1H3,(H3,16,17)(H,18,21). The summed E-state index contributed by atoms with van der Waals surface area (Å²) < 4.78 is 4.96. The first-order valence-corrected chi connectivity index (χ1v) is 6.97. The number of guanidine groups is 1. The molecule has 0 radical (unpaired) electrons. The van der Waals surface area contributed by atoms with Gasteiger partial charge in [0.05, 0.1) is 7.11 Å². The quantitative estimate of drug-likeness (QED) is 0.374. The lowest BCUT2D eigenvalue weighted by Crippen LogP contribution is -2.48. The van der Waals surface area contributed by atoms with Crippen LogP contribution in [0.25, 0.3) is 6.08 Å². The van der Waals surface area contributed by atoms with E-state index in [4.69, 9.17) is 15.9 Å². The highest BCUT2D eigenvalue weighted by molar-refractivity contribution is 5.92. The lowest BCUT2D eigenvalue weighted by Gasteiger charge is -2.24. The van der Waals surface area contributed by atoms with Crippen molar-refractivity contribution in [1.82, 2.24) is 10.2 Å². The molecule has 0 aromatic heterocycles. The maximum Gasteiger partial charge on any atom is 0.245 e. The third-order valence-corrected chi connectivity index (χ3v) is 3.50. The third-order valence-electron chi connectivity index (χ3n) is 3.50. The van der Waals surface area contributed by atoms with E-state index >= 15 is 0 Å². The highest BCUT2D eigenvalue weighted by atomic mass is 16.5. The van der Waals surface area contributed by atoms with Gasteiger partial charge in [-0.1, -0.05) is 6.07 Å². The molecule has 0 bridgehead atoms. The molecule has 1 unspecified atom stereocenters. The zero-order valence-corrected chi connectivity index (χ0v) is 12.4. The molecule has 0 saturated carbocycles. The van der Waals surface area contributed by atoms with Gasteiger partial charge < -0.3 is 25.8 Å². The van der Waals surface area contributed by atoms with Gasteiger partial charge in [0.15, 0.2) is 17.5 Å². The summed E-state index contributed by atoms with van der Waals surface area (Å²) in [6.07, 6.45) is 4.40. The number of amides is 1. The van der Waals surface area contributed by atoms with E-state index in [1.54, 1.807) is 23.1 Å². The topological polar surface area (TPSA) is 112 Å². The Balaban J connectivity index is 1.96. The van der Waals surface area contributed by atoms with Crippen LogP contribution in [0.3, 0.4) is 0 Å². The van der Waals surface area contributed by atoms with Gasteiger partial charge in [0, 0.05) is 12.6 Å². The molecule has 1 amide bonds. The van der Waals surface area contributed by atoms with Gasteiger partial charge in [0.1, 0.15) is 6.17 Å². The van der Waals surface area contributed by atoms with Gasteiger partial charge in [0.25, 0.3) is 0 Å². The van der Waals surface area contributed by atoms with Gasteiger partial charge in [0.2, 0.25) is 5.91 Å². The Morgan fingerprint density at radius 3 is 3.00 bits per heavy atom. The van der Waals surface area contributed by atoms with Crippen molar-refractivity contribution in [2.45, 2.75) is 19.0 Å². The fourth-order valence-corrected chi connectivity index (χ4v) is 2.40.